The van der Waals surface area contributed by atoms with E-state index in [1.807, 2.05) is 0 Å². The molecule has 2 rings (SSSR count). The van der Waals surface area contributed by atoms with Gasteiger partial charge in [0, 0.05) is 25.1 Å². The number of carbonyl (C=O) groups excluding carboxylic acids is 1. The van der Waals surface area contributed by atoms with E-state index < -0.39 is 0 Å². The molecule has 15 heavy (non-hydrogen) atoms. The Balaban J connectivity index is 1.77. The van der Waals surface area contributed by atoms with Gasteiger partial charge in [0.25, 0.3) is 0 Å². The number of ether oxygens (including phenoxy) is 1. The SMILES string of the molecule is CC(NC(=O)C1CCNC1)C1CCOC1. The zero-order chi connectivity index (χ0) is 10.7. The molecule has 0 aliphatic carbocycles. The highest BCUT2D eigenvalue weighted by molar-refractivity contribution is 5.79. The van der Waals surface area contributed by atoms with E-state index in [0.29, 0.717) is 5.92 Å². The summed E-state index contributed by atoms with van der Waals surface area (Å²) in [4.78, 5) is 11.8. The monoisotopic (exact) mass is 212 g/mol. The fourth-order valence-corrected chi connectivity index (χ4v) is 2.29. The molecule has 0 spiro atoms. The molecular formula is C11H20N2O2. The summed E-state index contributed by atoms with van der Waals surface area (Å²) in [5.74, 6) is 0.887. The topological polar surface area (TPSA) is 50.4 Å². The third kappa shape index (κ3) is 2.69. The second-order valence-corrected chi connectivity index (χ2v) is 4.61. The first-order chi connectivity index (χ1) is 7.27. The number of rotatable bonds is 3. The Morgan fingerprint density at radius 2 is 2.40 bits per heavy atom. The normalized spacial score (nSPS) is 32.9. The van der Waals surface area contributed by atoms with Gasteiger partial charge < -0.3 is 15.4 Å². The summed E-state index contributed by atoms with van der Waals surface area (Å²) in [7, 11) is 0. The molecule has 0 aromatic rings. The lowest BCUT2D eigenvalue weighted by Gasteiger charge is -2.21. The number of hydrogen-bond acceptors (Lipinski definition) is 3. The van der Waals surface area contributed by atoms with Gasteiger partial charge in [-0.1, -0.05) is 0 Å². The smallest absolute Gasteiger partial charge is 0.224 e. The van der Waals surface area contributed by atoms with Crippen LogP contribution in [0.25, 0.3) is 0 Å². The van der Waals surface area contributed by atoms with E-state index in [1.165, 1.54) is 0 Å². The molecule has 4 heteroatoms. The summed E-state index contributed by atoms with van der Waals surface area (Å²) in [5.41, 5.74) is 0. The van der Waals surface area contributed by atoms with Crippen LogP contribution in [0.2, 0.25) is 0 Å². The molecule has 86 valence electrons. The Morgan fingerprint density at radius 1 is 1.53 bits per heavy atom. The van der Waals surface area contributed by atoms with Gasteiger partial charge in [-0.15, -0.1) is 0 Å². The maximum absolute atomic E-state index is 11.8. The third-order valence-corrected chi connectivity index (χ3v) is 3.47. The van der Waals surface area contributed by atoms with Gasteiger partial charge >= 0.3 is 0 Å². The first-order valence-electron chi connectivity index (χ1n) is 5.86. The summed E-state index contributed by atoms with van der Waals surface area (Å²) in [5, 5.41) is 6.32. The van der Waals surface area contributed by atoms with E-state index in [2.05, 4.69) is 17.6 Å². The van der Waals surface area contributed by atoms with Crippen molar-refractivity contribution in [3.63, 3.8) is 0 Å². The van der Waals surface area contributed by atoms with Crippen molar-refractivity contribution in [1.29, 1.82) is 0 Å². The molecular weight excluding hydrogens is 192 g/mol. The van der Waals surface area contributed by atoms with Crippen molar-refractivity contribution >= 4 is 5.91 Å². The largest absolute Gasteiger partial charge is 0.381 e. The number of carbonyl (C=O) groups is 1. The molecule has 1 amide bonds. The van der Waals surface area contributed by atoms with Crippen molar-refractivity contribution in [2.24, 2.45) is 11.8 Å². The fourth-order valence-electron chi connectivity index (χ4n) is 2.29. The van der Waals surface area contributed by atoms with Crippen molar-refractivity contribution in [3.05, 3.63) is 0 Å². The van der Waals surface area contributed by atoms with Crippen LogP contribution < -0.4 is 10.6 Å². The Labute approximate surface area is 90.8 Å². The predicted molar refractivity (Wildman–Crippen MR) is 57.5 cm³/mol. The Bertz CT molecular complexity index is 221. The molecule has 2 fully saturated rings. The minimum atomic E-state index is 0.176. The van der Waals surface area contributed by atoms with E-state index in [4.69, 9.17) is 4.74 Å². The van der Waals surface area contributed by atoms with Gasteiger partial charge in [-0.05, 0) is 26.3 Å². The first kappa shape index (κ1) is 10.9. The van der Waals surface area contributed by atoms with Crippen LogP contribution in [-0.4, -0.2) is 38.3 Å². The van der Waals surface area contributed by atoms with E-state index >= 15 is 0 Å². The maximum Gasteiger partial charge on any atom is 0.224 e. The Kier molecular flexibility index (Phi) is 3.59. The maximum atomic E-state index is 11.8. The van der Waals surface area contributed by atoms with Gasteiger partial charge in [-0.25, -0.2) is 0 Å². The summed E-state index contributed by atoms with van der Waals surface area (Å²) < 4.78 is 5.32. The zero-order valence-electron chi connectivity index (χ0n) is 9.29. The van der Waals surface area contributed by atoms with Gasteiger partial charge in [-0.3, -0.25) is 4.79 Å². The highest BCUT2D eigenvalue weighted by Gasteiger charge is 2.27. The minimum Gasteiger partial charge on any atom is -0.381 e. The standard InChI is InChI=1S/C11H20N2O2/c1-8(10-3-5-15-7-10)13-11(14)9-2-4-12-6-9/h8-10,12H,2-7H2,1H3,(H,13,14). The molecule has 0 radical (unpaired) electrons. The molecule has 2 saturated heterocycles. The number of nitrogens with one attached hydrogen (secondary N) is 2. The lowest BCUT2D eigenvalue weighted by Crippen LogP contribution is -2.42. The van der Waals surface area contributed by atoms with E-state index in [0.717, 1.165) is 39.1 Å². The van der Waals surface area contributed by atoms with Crippen LogP contribution in [0.1, 0.15) is 19.8 Å². The summed E-state index contributed by atoms with van der Waals surface area (Å²) >= 11 is 0. The van der Waals surface area contributed by atoms with E-state index in [9.17, 15) is 4.79 Å². The number of hydrogen-bond donors (Lipinski definition) is 2. The fraction of sp³-hybridized carbons (Fsp3) is 0.909. The first-order valence-corrected chi connectivity index (χ1v) is 5.86. The molecule has 0 aromatic carbocycles. The van der Waals surface area contributed by atoms with Crippen molar-refractivity contribution in [2.45, 2.75) is 25.8 Å². The van der Waals surface area contributed by atoms with Gasteiger partial charge in [-0.2, -0.15) is 0 Å². The average Bonchev–Trinajstić information content (AvgIpc) is 2.91. The Morgan fingerprint density at radius 3 is 3.00 bits per heavy atom. The highest BCUT2D eigenvalue weighted by atomic mass is 16.5. The van der Waals surface area contributed by atoms with Crippen LogP contribution in [0.15, 0.2) is 0 Å². The lowest BCUT2D eigenvalue weighted by molar-refractivity contribution is -0.125. The van der Waals surface area contributed by atoms with E-state index in [-0.39, 0.29) is 17.9 Å². The van der Waals surface area contributed by atoms with Crippen LogP contribution in [-0.2, 0) is 9.53 Å². The number of amides is 1. The average molecular weight is 212 g/mol. The zero-order valence-corrected chi connectivity index (χ0v) is 9.29. The molecule has 2 aliphatic rings. The van der Waals surface area contributed by atoms with Crippen LogP contribution in [0.3, 0.4) is 0 Å². The van der Waals surface area contributed by atoms with Crippen molar-refractivity contribution in [3.8, 4) is 0 Å². The summed E-state index contributed by atoms with van der Waals surface area (Å²) in [6.07, 6.45) is 2.05. The molecule has 4 nitrogen and oxygen atoms in total. The highest BCUT2D eigenvalue weighted by Crippen LogP contribution is 2.17. The molecule has 0 aromatic heterocycles. The van der Waals surface area contributed by atoms with Crippen molar-refractivity contribution in [2.75, 3.05) is 26.3 Å². The van der Waals surface area contributed by atoms with Gasteiger partial charge in [0.2, 0.25) is 5.91 Å². The molecule has 3 unspecified atom stereocenters. The van der Waals surface area contributed by atoms with Gasteiger partial charge in [0.1, 0.15) is 0 Å². The second kappa shape index (κ2) is 4.94. The van der Waals surface area contributed by atoms with Crippen LogP contribution in [0.5, 0.6) is 0 Å². The quantitative estimate of drug-likeness (QED) is 0.699. The molecule has 0 bridgehead atoms. The second-order valence-electron chi connectivity index (χ2n) is 4.61. The van der Waals surface area contributed by atoms with Crippen LogP contribution >= 0.6 is 0 Å². The predicted octanol–water partition coefficient (Wildman–Crippen LogP) is 0.137. The minimum absolute atomic E-state index is 0.176. The molecule has 2 aliphatic heterocycles. The van der Waals surface area contributed by atoms with Crippen LogP contribution in [0, 0.1) is 11.8 Å². The molecule has 2 N–H and O–H groups in total. The van der Waals surface area contributed by atoms with Gasteiger partial charge in [0.15, 0.2) is 0 Å². The summed E-state index contributed by atoms with van der Waals surface area (Å²) in [6, 6.07) is 0.251. The molecule has 3 atom stereocenters. The molecule has 0 saturated carbocycles. The lowest BCUT2D eigenvalue weighted by atomic mass is 9.99. The van der Waals surface area contributed by atoms with Crippen LogP contribution in [0.4, 0.5) is 0 Å². The van der Waals surface area contributed by atoms with Crippen molar-refractivity contribution < 1.29 is 9.53 Å². The third-order valence-electron chi connectivity index (χ3n) is 3.47. The van der Waals surface area contributed by atoms with E-state index in [1.54, 1.807) is 0 Å². The molecule has 2 heterocycles. The van der Waals surface area contributed by atoms with Gasteiger partial charge in [0.05, 0.1) is 12.5 Å². The van der Waals surface area contributed by atoms with Crippen molar-refractivity contribution in [1.82, 2.24) is 10.6 Å². The Hall–Kier alpha value is -0.610. The summed E-state index contributed by atoms with van der Waals surface area (Å²) in [6.45, 7) is 5.53.